The third-order valence-corrected chi connectivity index (χ3v) is 5.96. The molecular formula is C11H22N2O2S. The molecule has 2 fully saturated rings. The van der Waals surface area contributed by atoms with E-state index < -0.39 is 10.0 Å². The molecule has 0 amide bonds. The fourth-order valence-electron chi connectivity index (χ4n) is 2.92. The van der Waals surface area contributed by atoms with Crippen molar-refractivity contribution in [2.24, 2.45) is 11.7 Å². The molecule has 0 aromatic heterocycles. The molecule has 3 N–H and O–H groups in total. The molecule has 0 radical (unpaired) electrons. The van der Waals surface area contributed by atoms with Crippen molar-refractivity contribution in [3.8, 4) is 0 Å². The normalized spacial score (nSPS) is 32.3. The zero-order valence-corrected chi connectivity index (χ0v) is 10.5. The first-order chi connectivity index (χ1) is 7.62. The Morgan fingerprint density at radius 1 is 1.12 bits per heavy atom. The summed E-state index contributed by atoms with van der Waals surface area (Å²) in [5, 5.41) is -0.135. The Hall–Kier alpha value is -0.130. The molecule has 2 atom stereocenters. The largest absolute Gasteiger partial charge is 0.330 e. The molecule has 0 aromatic carbocycles. The van der Waals surface area contributed by atoms with Crippen LogP contribution in [0, 0.1) is 5.92 Å². The molecule has 5 heteroatoms. The van der Waals surface area contributed by atoms with Crippen molar-refractivity contribution < 1.29 is 8.42 Å². The van der Waals surface area contributed by atoms with E-state index in [-0.39, 0.29) is 11.3 Å². The highest BCUT2D eigenvalue weighted by molar-refractivity contribution is 7.90. The van der Waals surface area contributed by atoms with Crippen LogP contribution >= 0.6 is 0 Å². The van der Waals surface area contributed by atoms with Crippen LogP contribution in [0.3, 0.4) is 0 Å². The molecule has 0 bridgehead atoms. The van der Waals surface area contributed by atoms with E-state index in [9.17, 15) is 8.42 Å². The predicted molar refractivity (Wildman–Crippen MR) is 64.5 cm³/mol. The van der Waals surface area contributed by atoms with Gasteiger partial charge in [-0.1, -0.05) is 12.8 Å². The van der Waals surface area contributed by atoms with Crippen LogP contribution in [0.15, 0.2) is 0 Å². The minimum absolute atomic E-state index is 0.135. The summed E-state index contributed by atoms with van der Waals surface area (Å²) in [5.41, 5.74) is 5.60. The summed E-state index contributed by atoms with van der Waals surface area (Å²) in [6.07, 6.45) is 6.72. The van der Waals surface area contributed by atoms with Gasteiger partial charge in [0.15, 0.2) is 0 Å². The second-order valence-corrected chi connectivity index (χ2v) is 7.17. The number of rotatable bonds is 4. The van der Waals surface area contributed by atoms with Gasteiger partial charge in [-0.3, -0.25) is 0 Å². The standard InChI is InChI=1S/C11H22N2O2S/c12-8-9-5-6-10(7-9)13-16(14,15)11-3-1-2-4-11/h9-11,13H,1-8,12H2/t9-,10+/m1/s1. The maximum atomic E-state index is 12.0. The Morgan fingerprint density at radius 2 is 1.81 bits per heavy atom. The highest BCUT2D eigenvalue weighted by Gasteiger charge is 2.33. The zero-order valence-electron chi connectivity index (χ0n) is 9.69. The molecule has 16 heavy (non-hydrogen) atoms. The van der Waals surface area contributed by atoms with Crippen molar-refractivity contribution in [2.75, 3.05) is 6.54 Å². The maximum Gasteiger partial charge on any atom is 0.214 e. The van der Waals surface area contributed by atoms with Crippen LogP contribution in [0.4, 0.5) is 0 Å². The van der Waals surface area contributed by atoms with Crippen LogP contribution in [0.5, 0.6) is 0 Å². The van der Waals surface area contributed by atoms with Crippen molar-refractivity contribution >= 4 is 10.0 Å². The zero-order chi connectivity index (χ0) is 11.6. The number of nitrogens with two attached hydrogens (primary N) is 1. The Bertz CT molecular complexity index is 323. The van der Waals surface area contributed by atoms with Gasteiger partial charge in [0.2, 0.25) is 10.0 Å². The van der Waals surface area contributed by atoms with E-state index in [1.54, 1.807) is 0 Å². The monoisotopic (exact) mass is 246 g/mol. The molecule has 0 saturated heterocycles. The quantitative estimate of drug-likeness (QED) is 0.776. The molecule has 2 aliphatic carbocycles. The molecule has 0 aromatic rings. The first-order valence-corrected chi connectivity index (χ1v) is 7.87. The van der Waals surface area contributed by atoms with E-state index in [2.05, 4.69) is 4.72 Å². The van der Waals surface area contributed by atoms with Crippen molar-refractivity contribution in [1.82, 2.24) is 4.72 Å². The van der Waals surface area contributed by atoms with Gasteiger partial charge in [-0.15, -0.1) is 0 Å². The molecular weight excluding hydrogens is 224 g/mol. The number of hydrogen-bond donors (Lipinski definition) is 2. The summed E-state index contributed by atoms with van der Waals surface area (Å²) < 4.78 is 27.0. The second-order valence-electron chi connectivity index (χ2n) is 5.18. The third-order valence-electron chi connectivity index (χ3n) is 3.95. The fraction of sp³-hybridized carbons (Fsp3) is 1.00. The lowest BCUT2D eigenvalue weighted by atomic mass is 10.1. The Balaban J connectivity index is 1.89. The molecule has 0 spiro atoms. The van der Waals surface area contributed by atoms with Gasteiger partial charge in [0.25, 0.3) is 0 Å². The van der Waals surface area contributed by atoms with Gasteiger partial charge < -0.3 is 5.73 Å². The van der Waals surface area contributed by atoms with E-state index in [4.69, 9.17) is 5.73 Å². The van der Waals surface area contributed by atoms with Gasteiger partial charge in [-0.25, -0.2) is 13.1 Å². The summed E-state index contributed by atoms with van der Waals surface area (Å²) >= 11 is 0. The lowest BCUT2D eigenvalue weighted by Crippen LogP contribution is -2.39. The molecule has 0 unspecified atom stereocenters. The van der Waals surface area contributed by atoms with E-state index >= 15 is 0 Å². The van der Waals surface area contributed by atoms with Gasteiger partial charge >= 0.3 is 0 Å². The molecule has 2 saturated carbocycles. The average Bonchev–Trinajstić information content (AvgIpc) is 2.86. The van der Waals surface area contributed by atoms with Gasteiger partial charge in [-0.05, 0) is 44.6 Å². The summed E-state index contributed by atoms with van der Waals surface area (Å²) in [4.78, 5) is 0. The van der Waals surface area contributed by atoms with E-state index in [1.807, 2.05) is 0 Å². The van der Waals surface area contributed by atoms with E-state index in [0.29, 0.717) is 12.5 Å². The Kier molecular flexibility index (Phi) is 3.87. The van der Waals surface area contributed by atoms with Crippen LogP contribution in [0.1, 0.15) is 44.9 Å². The van der Waals surface area contributed by atoms with Gasteiger partial charge in [0, 0.05) is 6.04 Å². The summed E-state index contributed by atoms with van der Waals surface area (Å²) in [7, 11) is -3.07. The number of sulfonamides is 1. The smallest absolute Gasteiger partial charge is 0.214 e. The fourth-order valence-corrected chi connectivity index (χ4v) is 4.75. The SMILES string of the molecule is NC[C@@H]1CC[C@H](NS(=O)(=O)C2CCCC2)C1. The molecule has 0 heterocycles. The Morgan fingerprint density at radius 3 is 2.38 bits per heavy atom. The molecule has 0 aliphatic heterocycles. The number of nitrogens with one attached hydrogen (secondary N) is 1. The highest BCUT2D eigenvalue weighted by Crippen LogP contribution is 2.28. The summed E-state index contributed by atoms with van der Waals surface area (Å²) in [6.45, 7) is 0.682. The van der Waals surface area contributed by atoms with Crippen molar-refractivity contribution in [2.45, 2.75) is 56.2 Å². The minimum Gasteiger partial charge on any atom is -0.330 e. The predicted octanol–water partition coefficient (Wildman–Crippen LogP) is 0.976. The first-order valence-electron chi connectivity index (χ1n) is 6.33. The van der Waals surface area contributed by atoms with E-state index in [1.165, 1.54) is 0 Å². The molecule has 4 nitrogen and oxygen atoms in total. The molecule has 94 valence electrons. The van der Waals surface area contributed by atoms with Gasteiger partial charge in [0.1, 0.15) is 0 Å². The van der Waals surface area contributed by atoms with E-state index in [0.717, 1.165) is 44.9 Å². The average molecular weight is 246 g/mol. The maximum absolute atomic E-state index is 12.0. The first kappa shape index (κ1) is 12.3. The minimum atomic E-state index is -3.07. The third kappa shape index (κ3) is 2.76. The highest BCUT2D eigenvalue weighted by atomic mass is 32.2. The summed E-state index contributed by atoms with van der Waals surface area (Å²) in [5.74, 6) is 0.510. The van der Waals surface area contributed by atoms with Gasteiger partial charge in [-0.2, -0.15) is 0 Å². The topological polar surface area (TPSA) is 72.2 Å². The molecule has 2 rings (SSSR count). The second kappa shape index (κ2) is 5.02. The lowest BCUT2D eigenvalue weighted by Gasteiger charge is -2.17. The van der Waals surface area contributed by atoms with Crippen molar-refractivity contribution in [3.05, 3.63) is 0 Å². The van der Waals surface area contributed by atoms with Crippen LogP contribution in [-0.4, -0.2) is 26.3 Å². The van der Waals surface area contributed by atoms with Crippen molar-refractivity contribution in [3.63, 3.8) is 0 Å². The lowest BCUT2D eigenvalue weighted by molar-refractivity contribution is 0.516. The van der Waals surface area contributed by atoms with Crippen LogP contribution in [-0.2, 0) is 10.0 Å². The molecule has 2 aliphatic rings. The number of hydrogen-bond acceptors (Lipinski definition) is 3. The van der Waals surface area contributed by atoms with Crippen LogP contribution in [0.2, 0.25) is 0 Å². The van der Waals surface area contributed by atoms with Crippen LogP contribution in [0.25, 0.3) is 0 Å². The Labute approximate surface area is 98.0 Å². The van der Waals surface area contributed by atoms with Crippen molar-refractivity contribution in [1.29, 1.82) is 0 Å². The summed E-state index contributed by atoms with van der Waals surface area (Å²) in [6, 6.07) is 0.138. The van der Waals surface area contributed by atoms with Gasteiger partial charge in [0.05, 0.1) is 5.25 Å². The van der Waals surface area contributed by atoms with Crippen LogP contribution < -0.4 is 10.5 Å².